The third kappa shape index (κ3) is 4.75. The van der Waals surface area contributed by atoms with Crippen molar-refractivity contribution in [3.8, 4) is 0 Å². The molecule has 0 aromatic heterocycles. The molecule has 0 aliphatic heterocycles. The summed E-state index contributed by atoms with van der Waals surface area (Å²) in [5.41, 5.74) is 8.03. The lowest BCUT2D eigenvalue weighted by atomic mass is 10.2. The maximum atomic E-state index is 6.11. The van der Waals surface area contributed by atoms with E-state index in [1.807, 2.05) is 42.5 Å². The second-order valence-corrected chi connectivity index (χ2v) is 6.00. The summed E-state index contributed by atoms with van der Waals surface area (Å²) in [5, 5.41) is 1.84. The number of nitrogens with zero attached hydrogens (tertiary/aromatic N) is 1. The second-order valence-electron chi connectivity index (χ2n) is 4.16. The Morgan fingerprint density at radius 2 is 1.85 bits per heavy atom. The molecule has 0 radical (unpaired) electrons. The summed E-state index contributed by atoms with van der Waals surface area (Å²) in [7, 11) is 0. The molecule has 0 heterocycles. The predicted molar refractivity (Wildman–Crippen MR) is 89.5 cm³/mol. The molecule has 2 rings (SSSR count). The smallest absolute Gasteiger partial charge is 0.154 e. The average Bonchev–Trinajstić information content (AvgIpc) is 2.45. The molecule has 0 atom stereocenters. The van der Waals surface area contributed by atoms with Crippen molar-refractivity contribution < 1.29 is 0 Å². The van der Waals surface area contributed by atoms with Crippen LogP contribution in [0.1, 0.15) is 11.1 Å². The first-order valence-electron chi connectivity index (χ1n) is 6.06. The predicted octanol–water partition coefficient (Wildman–Crippen LogP) is 4.74. The molecule has 2 aromatic rings. The van der Waals surface area contributed by atoms with Crippen LogP contribution in [0.3, 0.4) is 0 Å². The van der Waals surface area contributed by atoms with Gasteiger partial charge in [-0.3, -0.25) is 4.99 Å². The van der Waals surface area contributed by atoms with Crippen molar-refractivity contribution in [2.24, 2.45) is 10.7 Å². The fourth-order valence-corrected chi connectivity index (χ4v) is 2.85. The largest absolute Gasteiger partial charge is 0.379 e. The number of nitrogens with two attached hydrogens (primary N) is 1. The quantitative estimate of drug-likeness (QED) is 0.651. The van der Waals surface area contributed by atoms with Gasteiger partial charge < -0.3 is 5.73 Å². The zero-order valence-corrected chi connectivity index (χ0v) is 13.1. The van der Waals surface area contributed by atoms with Crippen molar-refractivity contribution in [3.05, 3.63) is 69.7 Å². The van der Waals surface area contributed by atoms with Gasteiger partial charge in [-0.25, -0.2) is 0 Å². The zero-order chi connectivity index (χ0) is 14.4. The Balaban J connectivity index is 1.90. The van der Waals surface area contributed by atoms with Crippen LogP contribution in [-0.4, -0.2) is 5.17 Å². The van der Waals surface area contributed by atoms with Crippen LogP contribution in [0.5, 0.6) is 0 Å². The Morgan fingerprint density at radius 3 is 2.55 bits per heavy atom. The van der Waals surface area contributed by atoms with Gasteiger partial charge in [0.25, 0.3) is 0 Å². The van der Waals surface area contributed by atoms with Crippen LogP contribution in [0, 0.1) is 0 Å². The van der Waals surface area contributed by atoms with Crippen molar-refractivity contribution in [2.45, 2.75) is 12.3 Å². The molecule has 0 fully saturated rings. The maximum Gasteiger partial charge on any atom is 0.154 e. The molecular weight excluding hydrogens is 311 g/mol. The Labute approximate surface area is 133 Å². The first kappa shape index (κ1) is 15.2. The second kappa shape index (κ2) is 7.58. The fraction of sp³-hybridized carbons (Fsp3) is 0.133. The highest BCUT2D eigenvalue weighted by Crippen LogP contribution is 2.24. The number of hydrogen-bond acceptors (Lipinski definition) is 2. The Bertz CT molecular complexity index is 600. The van der Waals surface area contributed by atoms with Crippen molar-refractivity contribution >= 4 is 40.1 Å². The molecule has 2 aromatic carbocycles. The van der Waals surface area contributed by atoms with E-state index in [0.717, 1.165) is 11.1 Å². The lowest BCUT2D eigenvalue weighted by Crippen LogP contribution is -2.07. The lowest BCUT2D eigenvalue weighted by molar-refractivity contribution is 1.07. The van der Waals surface area contributed by atoms with Gasteiger partial charge in [0.15, 0.2) is 5.17 Å². The van der Waals surface area contributed by atoms with Crippen molar-refractivity contribution in [2.75, 3.05) is 0 Å². The molecule has 0 amide bonds. The van der Waals surface area contributed by atoms with Gasteiger partial charge in [0, 0.05) is 15.8 Å². The molecule has 0 saturated carbocycles. The van der Waals surface area contributed by atoms with Gasteiger partial charge in [-0.15, -0.1) is 0 Å². The van der Waals surface area contributed by atoms with Gasteiger partial charge in [0.05, 0.1) is 6.54 Å². The van der Waals surface area contributed by atoms with Crippen molar-refractivity contribution in [1.29, 1.82) is 0 Å². The number of hydrogen-bond donors (Lipinski definition) is 1. The Kier molecular flexibility index (Phi) is 5.77. The van der Waals surface area contributed by atoms with E-state index >= 15 is 0 Å². The van der Waals surface area contributed by atoms with Crippen molar-refractivity contribution in [3.63, 3.8) is 0 Å². The van der Waals surface area contributed by atoms with Gasteiger partial charge in [-0.2, -0.15) is 0 Å². The Morgan fingerprint density at radius 1 is 1.10 bits per heavy atom. The summed E-state index contributed by atoms with van der Waals surface area (Å²) in [4.78, 5) is 4.34. The summed E-state index contributed by atoms with van der Waals surface area (Å²) in [5.74, 6) is 0.681. The normalized spacial score (nSPS) is 11.6. The van der Waals surface area contributed by atoms with Crippen LogP contribution in [-0.2, 0) is 12.3 Å². The molecule has 0 aliphatic rings. The lowest BCUT2D eigenvalue weighted by Gasteiger charge is -2.04. The number of rotatable bonds is 4. The summed E-state index contributed by atoms with van der Waals surface area (Å²) in [6.07, 6.45) is 0. The summed E-state index contributed by atoms with van der Waals surface area (Å²) in [6.45, 7) is 0.591. The van der Waals surface area contributed by atoms with Gasteiger partial charge in [0.2, 0.25) is 0 Å². The van der Waals surface area contributed by atoms with E-state index in [-0.39, 0.29) is 0 Å². The van der Waals surface area contributed by atoms with Gasteiger partial charge >= 0.3 is 0 Å². The fourth-order valence-electron chi connectivity index (χ4n) is 1.59. The van der Waals surface area contributed by atoms with E-state index < -0.39 is 0 Å². The van der Waals surface area contributed by atoms with E-state index in [9.17, 15) is 0 Å². The van der Waals surface area contributed by atoms with Crippen molar-refractivity contribution in [1.82, 2.24) is 0 Å². The minimum absolute atomic E-state index is 0.555. The molecule has 104 valence electrons. The van der Waals surface area contributed by atoms with E-state index in [0.29, 0.717) is 27.5 Å². The van der Waals surface area contributed by atoms with Crippen LogP contribution < -0.4 is 5.73 Å². The van der Waals surface area contributed by atoms with E-state index in [1.54, 1.807) is 6.07 Å². The molecule has 2 nitrogen and oxygen atoms in total. The maximum absolute atomic E-state index is 6.11. The summed E-state index contributed by atoms with van der Waals surface area (Å²) >= 11 is 13.4. The molecule has 20 heavy (non-hydrogen) atoms. The average molecular weight is 325 g/mol. The molecule has 0 unspecified atom stereocenters. The highest BCUT2D eigenvalue weighted by Gasteiger charge is 2.03. The highest BCUT2D eigenvalue weighted by atomic mass is 35.5. The third-order valence-electron chi connectivity index (χ3n) is 2.65. The number of thioether (sulfide) groups is 1. The summed E-state index contributed by atoms with van der Waals surface area (Å²) in [6, 6.07) is 15.5. The molecule has 0 spiro atoms. The van der Waals surface area contributed by atoms with E-state index in [1.165, 1.54) is 11.8 Å². The first-order valence-corrected chi connectivity index (χ1v) is 7.80. The minimum Gasteiger partial charge on any atom is -0.379 e. The monoisotopic (exact) mass is 324 g/mol. The van der Waals surface area contributed by atoms with Crippen LogP contribution in [0.4, 0.5) is 0 Å². The molecule has 0 saturated heterocycles. The molecular formula is C15H14Cl2N2S. The molecule has 0 aliphatic carbocycles. The third-order valence-corrected chi connectivity index (χ3v) is 4.12. The van der Waals surface area contributed by atoms with Crippen LogP contribution >= 0.6 is 35.0 Å². The standard InChI is InChI=1S/C15H14Cl2N2S/c16-13-7-6-12(14(17)8-13)10-20-15(18)19-9-11-4-2-1-3-5-11/h1-8H,9-10H2,(H2,18,19). The number of benzene rings is 2. The van der Waals surface area contributed by atoms with Gasteiger partial charge in [-0.1, -0.05) is 71.4 Å². The van der Waals surface area contributed by atoms with Gasteiger partial charge in [0.1, 0.15) is 0 Å². The molecule has 5 heteroatoms. The SMILES string of the molecule is NC(=NCc1ccccc1)SCc1ccc(Cl)cc1Cl. The highest BCUT2D eigenvalue weighted by molar-refractivity contribution is 8.13. The summed E-state index contributed by atoms with van der Waals surface area (Å²) < 4.78 is 0. The number of halogens is 2. The number of aliphatic imine (C=N–C) groups is 1. The van der Waals surface area contributed by atoms with E-state index in [2.05, 4.69) is 4.99 Å². The topological polar surface area (TPSA) is 38.4 Å². The number of amidine groups is 1. The Hall–Kier alpha value is -1.16. The first-order chi connectivity index (χ1) is 9.65. The van der Waals surface area contributed by atoms with Crippen LogP contribution in [0.25, 0.3) is 0 Å². The van der Waals surface area contributed by atoms with E-state index in [4.69, 9.17) is 28.9 Å². The van der Waals surface area contributed by atoms with Crippen LogP contribution in [0.15, 0.2) is 53.5 Å². The molecule has 2 N–H and O–H groups in total. The molecule has 0 bridgehead atoms. The minimum atomic E-state index is 0.555. The van der Waals surface area contributed by atoms with Gasteiger partial charge in [-0.05, 0) is 23.3 Å². The zero-order valence-electron chi connectivity index (χ0n) is 10.7. The van der Waals surface area contributed by atoms with Crippen LogP contribution in [0.2, 0.25) is 10.0 Å².